The van der Waals surface area contributed by atoms with Gasteiger partial charge in [0, 0.05) is 18.3 Å². The van der Waals surface area contributed by atoms with Crippen LogP contribution in [0.1, 0.15) is 11.4 Å². The third kappa shape index (κ3) is 1.95. The van der Waals surface area contributed by atoms with E-state index >= 15 is 0 Å². The van der Waals surface area contributed by atoms with Gasteiger partial charge in [-0.15, -0.1) is 0 Å². The molecular weight excluding hydrogens is 230 g/mol. The van der Waals surface area contributed by atoms with E-state index in [1.807, 2.05) is 18.2 Å². The van der Waals surface area contributed by atoms with Crippen molar-refractivity contribution in [2.75, 3.05) is 0 Å². The maximum absolute atomic E-state index is 4.23. The molecular formula is C9H8BrN3. The van der Waals surface area contributed by atoms with Crippen molar-refractivity contribution in [3.8, 4) is 0 Å². The second kappa shape index (κ2) is 3.70. The van der Waals surface area contributed by atoms with Gasteiger partial charge in [-0.05, 0) is 28.1 Å². The summed E-state index contributed by atoms with van der Waals surface area (Å²) in [6, 6.07) is 5.88. The van der Waals surface area contributed by atoms with E-state index in [9.17, 15) is 0 Å². The topological polar surface area (TPSA) is 41.6 Å². The fourth-order valence-corrected chi connectivity index (χ4v) is 1.47. The van der Waals surface area contributed by atoms with Crippen LogP contribution in [0, 0.1) is 0 Å². The van der Waals surface area contributed by atoms with Crippen molar-refractivity contribution < 1.29 is 0 Å². The molecule has 0 unspecified atom stereocenters. The van der Waals surface area contributed by atoms with Gasteiger partial charge in [-0.2, -0.15) is 0 Å². The number of rotatable bonds is 2. The van der Waals surface area contributed by atoms with Crippen LogP contribution in [0.4, 0.5) is 0 Å². The molecule has 0 aromatic carbocycles. The Bertz CT molecular complexity index is 383. The molecule has 0 saturated carbocycles. The van der Waals surface area contributed by atoms with Crippen LogP contribution < -0.4 is 0 Å². The number of nitrogens with zero attached hydrogens (tertiary/aromatic N) is 2. The fourth-order valence-electron chi connectivity index (χ4n) is 1.11. The minimum atomic E-state index is 0.779. The van der Waals surface area contributed by atoms with Crippen molar-refractivity contribution >= 4 is 15.9 Å². The lowest BCUT2D eigenvalue weighted by molar-refractivity contribution is 1.02. The summed E-state index contributed by atoms with van der Waals surface area (Å²) < 4.78 is 0.859. The van der Waals surface area contributed by atoms with Crippen LogP contribution in [0.25, 0.3) is 0 Å². The Hall–Kier alpha value is -1.16. The summed E-state index contributed by atoms with van der Waals surface area (Å²) in [5.74, 6) is 0. The third-order valence-electron chi connectivity index (χ3n) is 1.75. The third-order valence-corrected chi connectivity index (χ3v) is 2.43. The number of imidazole rings is 1. The standard InChI is InChI=1S/C9H8BrN3/c10-9-8(12-6-13-9)5-7-3-1-2-4-11-7/h1-4,6H,5H2,(H,12,13). The Morgan fingerprint density at radius 3 is 2.85 bits per heavy atom. The number of aromatic nitrogens is 3. The summed E-state index contributed by atoms with van der Waals surface area (Å²) in [6.07, 6.45) is 4.24. The molecule has 2 aromatic heterocycles. The van der Waals surface area contributed by atoms with E-state index in [-0.39, 0.29) is 0 Å². The SMILES string of the molecule is Brc1nc[nH]c1Cc1ccccn1. The van der Waals surface area contributed by atoms with Crippen molar-refractivity contribution in [1.29, 1.82) is 0 Å². The zero-order valence-corrected chi connectivity index (χ0v) is 8.45. The van der Waals surface area contributed by atoms with E-state index in [4.69, 9.17) is 0 Å². The number of nitrogens with one attached hydrogen (secondary N) is 1. The average molecular weight is 238 g/mol. The molecule has 0 aliphatic carbocycles. The molecule has 0 bridgehead atoms. The quantitative estimate of drug-likeness (QED) is 0.870. The van der Waals surface area contributed by atoms with E-state index in [0.717, 1.165) is 22.4 Å². The van der Waals surface area contributed by atoms with Crippen molar-refractivity contribution in [2.45, 2.75) is 6.42 Å². The highest BCUT2D eigenvalue weighted by Crippen LogP contribution is 2.13. The van der Waals surface area contributed by atoms with Crippen molar-refractivity contribution in [2.24, 2.45) is 0 Å². The van der Waals surface area contributed by atoms with E-state index in [1.54, 1.807) is 12.5 Å². The lowest BCUT2D eigenvalue weighted by atomic mass is 10.2. The molecule has 1 N–H and O–H groups in total. The van der Waals surface area contributed by atoms with Gasteiger partial charge in [0.15, 0.2) is 0 Å². The van der Waals surface area contributed by atoms with Gasteiger partial charge in [0.05, 0.1) is 12.0 Å². The van der Waals surface area contributed by atoms with Gasteiger partial charge in [-0.25, -0.2) is 4.98 Å². The summed E-state index contributed by atoms with van der Waals surface area (Å²) in [7, 11) is 0. The molecule has 2 rings (SSSR count). The van der Waals surface area contributed by atoms with Crippen LogP contribution in [0.15, 0.2) is 35.3 Å². The molecule has 3 nitrogen and oxygen atoms in total. The molecule has 0 aliphatic heterocycles. The van der Waals surface area contributed by atoms with Gasteiger partial charge in [-0.1, -0.05) is 6.07 Å². The van der Waals surface area contributed by atoms with Crippen LogP contribution in [-0.4, -0.2) is 15.0 Å². The first-order chi connectivity index (χ1) is 6.36. The molecule has 0 atom stereocenters. The second-order valence-electron chi connectivity index (χ2n) is 2.67. The molecule has 66 valence electrons. The van der Waals surface area contributed by atoms with Crippen LogP contribution in [0.3, 0.4) is 0 Å². The van der Waals surface area contributed by atoms with E-state index in [1.165, 1.54) is 0 Å². The van der Waals surface area contributed by atoms with Gasteiger partial charge in [0.1, 0.15) is 4.60 Å². The Morgan fingerprint density at radius 1 is 1.31 bits per heavy atom. The van der Waals surface area contributed by atoms with Crippen LogP contribution in [0.5, 0.6) is 0 Å². The molecule has 2 aromatic rings. The predicted molar refractivity (Wildman–Crippen MR) is 53.3 cm³/mol. The van der Waals surface area contributed by atoms with Crippen LogP contribution in [-0.2, 0) is 6.42 Å². The van der Waals surface area contributed by atoms with E-state index < -0.39 is 0 Å². The number of aromatic amines is 1. The maximum Gasteiger partial charge on any atom is 0.127 e. The fraction of sp³-hybridized carbons (Fsp3) is 0.111. The first-order valence-electron chi connectivity index (χ1n) is 3.94. The second-order valence-corrected chi connectivity index (χ2v) is 3.42. The molecule has 2 heterocycles. The first kappa shape index (κ1) is 8.44. The number of hydrogen-bond donors (Lipinski definition) is 1. The lowest BCUT2D eigenvalue weighted by Crippen LogP contribution is -1.91. The molecule has 0 fully saturated rings. The largest absolute Gasteiger partial charge is 0.347 e. The highest BCUT2D eigenvalue weighted by Gasteiger charge is 2.02. The minimum absolute atomic E-state index is 0.779. The Labute approximate surface area is 84.4 Å². The van der Waals surface area contributed by atoms with Gasteiger partial charge >= 0.3 is 0 Å². The number of hydrogen-bond acceptors (Lipinski definition) is 2. The monoisotopic (exact) mass is 237 g/mol. The molecule has 4 heteroatoms. The summed E-state index contributed by atoms with van der Waals surface area (Å²) in [6.45, 7) is 0. The minimum Gasteiger partial charge on any atom is -0.347 e. The smallest absolute Gasteiger partial charge is 0.127 e. The van der Waals surface area contributed by atoms with E-state index in [2.05, 4.69) is 30.9 Å². The Balaban J connectivity index is 2.20. The molecule has 0 amide bonds. The summed E-state index contributed by atoms with van der Waals surface area (Å²) >= 11 is 3.35. The molecule has 0 aliphatic rings. The van der Waals surface area contributed by atoms with Crippen molar-refractivity contribution in [3.63, 3.8) is 0 Å². The molecule has 0 radical (unpaired) electrons. The average Bonchev–Trinajstić information content (AvgIpc) is 2.54. The molecule has 13 heavy (non-hydrogen) atoms. The van der Waals surface area contributed by atoms with Gasteiger partial charge in [-0.3, -0.25) is 4.98 Å². The number of pyridine rings is 1. The molecule has 0 spiro atoms. The van der Waals surface area contributed by atoms with Gasteiger partial charge < -0.3 is 4.98 Å². The Kier molecular flexibility index (Phi) is 2.40. The zero-order chi connectivity index (χ0) is 9.10. The van der Waals surface area contributed by atoms with Crippen molar-refractivity contribution in [1.82, 2.24) is 15.0 Å². The maximum atomic E-state index is 4.23. The van der Waals surface area contributed by atoms with Crippen LogP contribution in [0.2, 0.25) is 0 Å². The highest BCUT2D eigenvalue weighted by molar-refractivity contribution is 9.10. The number of H-pyrrole nitrogens is 1. The summed E-state index contributed by atoms with van der Waals surface area (Å²) in [5, 5.41) is 0. The normalized spacial score (nSPS) is 10.2. The van der Waals surface area contributed by atoms with Crippen molar-refractivity contribution in [3.05, 3.63) is 46.7 Å². The molecule has 0 saturated heterocycles. The predicted octanol–water partition coefficient (Wildman–Crippen LogP) is 2.16. The zero-order valence-electron chi connectivity index (χ0n) is 6.87. The summed E-state index contributed by atoms with van der Waals surface area (Å²) in [5.41, 5.74) is 2.09. The first-order valence-corrected chi connectivity index (χ1v) is 4.73. The highest BCUT2D eigenvalue weighted by atomic mass is 79.9. The van der Waals surface area contributed by atoms with Gasteiger partial charge in [0.25, 0.3) is 0 Å². The lowest BCUT2D eigenvalue weighted by Gasteiger charge is -1.97. The summed E-state index contributed by atoms with van der Waals surface area (Å²) in [4.78, 5) is 11.3. The number of halogens is 1. The van der Waals surface area contributed by atoms with Crippen LogP contribution >= 0.6 is 15.9 Å². The van der Waals surface area contributed by atoms with E-state index in [0.29, 0.717) is 0 Å². The Morgan fingerprint density at radius 2 is 2.23 bits per heavy atom. The van der Waals surface area contributed by atoms with Gasteiger partial charge in [0.2, 0.25) is 0 Å².